The second kappa shape index (κ2) is 7.17. The fraction of sp³-hybridized carbons (Fsp3) is 0.438. The number of hydrogen-bond acceptors (Lipinski definition) is 3. The fourth-order valence-electron chi connectivity index (χ4n) is 2.66. The predicted molar refractivity (Wildman–Crippen MR) is 85.3 cm³/mol. The number of halogens is 2. The maximum Gasteiger partial charge on any atom is 0.343 e. The van der Waals surface area contributed by atoms with Gasteiger partial charge >= 0.3 is 5.97 Å². The highest BCUT2D eigenvalue weighted by molar-refractivity contribution is 6.30. The number of carbonyl (C=O) groups is 3. The Kier molecular flexibility index (Phi) is 5.43. The van der Waals surface area contributed by atoms with Crippen LogP contribution in [0, 0.1) is 0 Å². The molecule has 1 heterocycles. The first kappa shape index (κ1) is 18.2. The zero-order valence-electron chi connectivity index (χ0n) is 13.1. The minimum atomic E-state index is -2.40. The van der Waals surface area contributed by atoms with Crippen molar-refractivity contribution in [1.82, 2.24) is 10.2 Å². The first-order chi connectivity index (χ1) is 11.2. The van der Waals surface area contributed by atoms with Gasteiger partial charge in [0.2, 0.25) is 17.5 Å². The van der Waals surface area contributed by atoms with Crippen molar-refractivity contribution in [3.63, 3.8) is 0 Å². The van der Waals surface area contributed by atoms with Gasteiger partial charge in [-0.1, -0.05) is 23.7 Å². The van der Waals surface area contributed by atoms with E-state index in [9.17, 15) is 18.8 Å². The summed E-state index contributed by atoms with van der Waals surface area (Å²) in [6.07, 6.45) is -0.323. The Labute approximate surface area is 143 Å². The van der Waals surface area contributed by atoms with E-state index in [1.807, 2.05) is 0 Å². The summed E-state index contributed by atoms with van der Waals surface area (Å²) < 4.78 is 14.1. The number of nitrogens with zero attached hydrogens (tertiary/aromatic N) is 1. The standard InChI is InChI=1S/C16H18ClFN2O4/c1-10(21)19-13(11-2-4-12(17)5-3-11)8-14(22)20-7-6-16(18,9-20)15(23)24/h2-5,13H,6-9H2,1H3,(H,19,21)(H,23,24). The summed E-state index contributed by atoms with van der Waals surface area (Å²) in [6.45, 7) is 0.893. The molecule has 1 fully saturated rings. The monoisotopic (exact) mass is 356 g/mol. The van der Waals surface area contributed by atoms with Crippen molar-refractivity contribution in [2.24, 2.45) is 0 Å². The van der Waals surface area contributed by atoms with Gasteiger partial charge < -0.3 is 15.3 Å². The molecule has 1 aliphatic heterocycles. The molecular formula is C16H18ClFN2O4. The van der Waals surface area contributed by atoms with Gasteiger partial charge in [-0.2, -0.15) is 0 Å². The Hall–Kier alpha value is -2.15. The molecule has 130 valence electrons. The van der Waals surface area contributed by atoms with Crippen molar-refractivity contribution in [1.29, 1.82) is 0 Å². The molecule has 6 nitrogen and oxygen atoms in total. The number of amides is 2. The van der Waals surface area contributed by atoms with E-state index in [-0.39, 0.29) is 25.3 Å². The first-order valence-electron chi connectivity index (χ1n) is 7.44. The van der Waals surface area contributed by atoms with Gasteiger partial charge in [0.25, 0.3) is 0 Å². The van der Waals surface area contributed by atoms with Crippen molar-refractivity contribution in [3.8, 4) is 0 Å². The Morgan fingerprint density at radius 3 is 2.50 bits per heavy atom. The van der Waals surface area contributed by atoms with Crippen LogP contribution >= 0.6 is 11.6 Å². The summed E-state index contributed by atoms with van der Waals surface area (Å²) in [5, 5.41) is 12.1. The van der Waals surface area contributed by atoms with E-state index in [1.165, 1.54) is 11.8 Å². The van der Waals surface area contributed by atoms with Crippen LogP contribution in [0.3, 0.4) is 0 Å². The highest BCUT2D eigenvalue weighted by Crippen LogP contribution is 2.28. The maximum atomic E-state index is 14.1. The molecule has 2 atom stereocenters. The largest absolute Gasteiger partial charge is 0.479 e. The SMILES string of the molecule is CC(=O)NC(CC(=O)N1CCC(F)(C(=O)O)C1)c1ccc(Cl)cc1. The number of alkyl halides is 1. The summed E-state index contributed by atoms with van der Waals surface area (Å²) in [4.78, 5) is 35.9. The number of carbonyl (C=O) groups excluding carboxylic acids is 2. The molecule has 0 spiro atoms. The lowest BCUT2D eigenvalue weighted by molar-refractivity contribution is -0.150. The highest BCUT2D eigenvalue weighted by Gasteiger charge is 2.46. The van der Waals surface area contributed by atoms with Crippen molar-refractivity contribution >= 4 is 29.4 Å². The van der Waals surface area contributed by atoms with Gasteiger partial charge in [0.1, 0.15) is 0 Å². The molecule has 0 radical (unpaired) electrons. The number of aliphatic carboxylic acids is 1. The van der Waals surface area contributed by atoms with E-state index in [4.69, 9.17) is 16.7 Å². The van der Waals surface area contributed by atoms with E-state index in [2.05, 4.69) is 5.32 Å². The molecule has 2 unspecified atom stereocenters. The maximum absolute atomic E-state index is 14.1. The topological polar surface area (TPSA) is 86.7 Å². The zero-order valence-corrected chi connectivity index (χ0v) is 13.8. The second-order valence-electron chi connectivity index (χ2n) is 5.84. The van der Waals surface area contributed by atoms with E-state index in [0.29, 0.717) is 10.6 Å². The number of carboxylic acids is 1. The lowest BCUT2D eigenvalue weighted by Gasteiger charge is -2.22. The minimum Gasteiger partial charge on any atom is -0.479 e. The fourth-order valence-corrected chi connectivity index (χ4v) is 2.78. The lowest BCUT2D eigenvalue weighted by Crippen LogP contribution is -2.40. The Balaban J connectivity index is 2.09. The van der Waals surface area contributed by atoms with Crippen molar-refractivity contribution in [2.45, 2.75) is 31.5 Å². The molecule has 8 heteroatoms. The van der Waals surface area contributed by atoms with Crippen LogP contribution in [0.15, 0.2) is 24.3 Å². The van der Waals surface area contributed by atoms with Gasteiger partial charge in [-0.25, -0.2) is 9.18 Å². The molecule has 0 saturated carbocycles. The van der Waals surface area contributed by atoms with E-state index >= 15 is 0 Å². The Morgan fingerprint density at radius 1 is 1.38 bits per heavy atom. The van der Waals surface area contributed by atoms with Crippen LogP contribution in [0.4, 0.5) is 4.39 Å². The van der Waals surface area contributed by atoms with E-state index < -0.39 is 30.1 Å². The van der Waals surface area contributed by atoms with Gasteiger partial charge in [-0.05, 0) is 17.7 Å². The summed E-state index contributed by atoms with van der Waals surface area (Å²) in [5.41, 5.74) is -1.72. The van der Waals surface area contributed by atoms with Gasteiger partial charge in [0.15, 0.2) is 0 Å². The smallest absolute Gasteiger partial charge is 0.343 e. The summed E-state index contributed by atoms with van der Waals surface area (Å²) in [5.74, 6) is -2.28. The molecule has 24 heavy (non-hydrogen) atoms. The zero-order chi connectivity index (χ0) is 17.9. The Bertz CT molecular complexity index is 652. The first-order valence-corrected chi connectivity index (χ1v) is 7.82. The number of nitrogens with one attached hydrogen (secondary N) is 1. The quantitative estimate of drug-likeness (QED) is 0.844. The van der Waals surface area contributed by atoms with Crippen LogP contribution in [0.25, 0.3) is 0 Å². The van der Waals surface area contributed by atoms with Gasteiger partial charge in [-0.3, -0.25) is 9.59 Å². The lowest BCUT2D eigenvalue weighted by atomic mass is 10.0. The molecule has 2 N–H and O–H groups in total. The number of carboxylic acid groups (broad SMARTS) is 1. The molecule has 1 aliphatic rings. The van der Waals surface area contributed by atoms with Crippen molar-refractivity contribution < 1.29 is 23.9 Å². The normalized spacial score (nSPS) is 21.4. The molecule has 0 aromatic heterocycles. The number of rotatable bonds is 5. The average molecular weight is 357 g/mol. The third-order valence-corrected chi connectivity index (χ3v) is 4.24. The van der Waals surface area contributed by atoms with Crippen LogP contribution < -0.4 is 5.32 Å². The van der Waals surface area contributed by atoms with Crippen molar-refractivity contribution in [3.05, 3.63) is 34.9 Å². The van der Waals surface area contributed by atoms with Gasteiger partial charge in [-0.15, -0.1) is 0 Å². The summed E-state index contributed by atoms with van der Waals surface area (Å²) in [6, 6.07) is 6.08. The van der Waals surface area contributed by atoms with E-state index in [1.54, 1.807) is 24.3 Å². The van der Waals surface area contributed by atoms with Crippen LogP contribution in [-0.2, 0) is 14.4 Å². The Morgan fingerprint density at radius 2 is 2.00 bits per heavy atom. The number of benzene rings is 1. The van der Waals surface area contributed by atoms with Gasteiger partial charge in [0.05, 0.1) is 19.0 Å². The minimum absolute atomic E-state index is 0.0367. The predicted octanol–water partition coefficient (Wildman–Crippen LogP) is 1.93. The third-order valence-electron chi connectivity index (χ3n) is 3.98. The molecule has 0 bridgehead atoms. The molecule has 2 rings (SSSR count). The highest BCUT2D eigenvalue weighted by atomic mass is 35.5. The molecule has 1 saturated heterocycles. The number of hydrogen-bond donors (Lipinski definition) is 2. The van der Waals surface area contributed by atoms with Crippen LogP contribution in [0.2, 0.25) is 5.02 Å². The number of likely N-dealkylation sites (tertiary alicyclic amines) is 1. The molecule has 1 aromatic carbocycles. The summed E-state index contributed by atoms with van der Waals surface area (Å²) >= 11 is 5.83. The average Bonchev–Trinajstić information content (AvgIpc) is 2.91. The van der Waals surface area contributed by atoms with Crippen LogP contribution in [-0.4, -0.2) is 46.5 Å². The van der Waals surface area contributed by atoms with Gasteiger partial charge in [0, 0.05) is 24.9 Å². The molecular weight excluding hydrogens is 339 g/mol. The second-order valence-corrected chi connectivity index (χ2v) is 6.28. The summed E-state index contributed by atoms with van der Waals surface area (Å²) in [7, 11) is 0. The van der Waals surface area contributed by atoms with Crippen LogP contribution in [0.5, 0.6) is 0 Å². The van der Waals surface area contributed by atoms with Crippen molar-refractivity contribution in [2.75, 3.05) is 13.1 Å². The molecule has 0 aliphatic carbocycles. The molecule has 2 amide bonds. The third kappa shape index (κ3) is 4.23. The van der Waals surface area contributed by atoms with Crippen LogP contribution in [0.1, 0.15) is 31.4 Å². The van der Waals surface area contributed by atoms with E-state index in [0.717, 1.165) is 0 Å². The molecule has 1 aromatic rings.